The van der Waals surface area contributed by atoms with Crippen LogP contribution >= 0.6 is 0 Å². The molecule has 486 valence electrons. The number of nitrogens with one attached hydrogen (secondary N) is 6. The predicted octanol–water partition coefficient (Wildman–Crippen LogP) is -3.53. The summed E-state index contributed by atoms with van der Waals surface area (Å²) in [4.78, 5) is 75.9. The van der Waals surface area contributed by atoms with Gasteiger partial charge >= 0.3 is 24.4 Å². The summed E-state index contributed by atoms with van der Waals surface area (Å²) in [6.07, 6.45) is -6.94. The fourth-order valence-corrected chi connectivity index (χ4v) is 3.80. The molecule has 0 bridgehead atoms. The van der Waals surface area contributed by atoms with Gasteiger partial charge in [-0.15, -0.1) is 0 Å². The third-order valence-corrected chi connectivity index (χ3v) is 8.36. The van der Waals surface area contributed by atoms with E-state index in [1.165, 1.54) is 0 Å². The van der Waals surface area contributed by atoms with Gasteiger partial charge in [0.2, 0.25) is 11.8 Å². The number of aliphatic hydroxyl groups is 14. The molecular weight excluding hydrogens is 1080 g/mol. The summed E-state index contributed by atoms with van der Waals surface area (Å²) in [6.45, 7) is 21.4. The van der Waals surface area contributed by atoms with Crippen LogP contribution in [0.3, 0.4) is 0 Å². The lowest BCUT2D eigenvalue weighted by molar-refractivity contribution is -0.125. The van der Waals surface area contributed by atoms with Crippen LogP contribution < -0.4 is 31.9 Å². The summed E-state index contributed by atoms with van der Waals surface area (Å²) in [5, 5.41) is 135. The Kier molecular flexibility index (Phi) is 66.3. The maximum absolute atomic E-state index is 11.0. The van der Waals surface area contributed by atoms with Crippen molar-refractivity contribution < 1.29 is 124 Å². The number of ether oxygens (including phenoxy) is 4. The van der Waals surface area contributed by atoms with Gasteiger partial charge in [0.25, 0.3) is 0 Å². The van der Waals surface area contributed by atoms with Crippen molar-refractivity contribution >= 4 is 42.0 Å². The molecule has 6 amide bonds. The van der Waals surface area contributed by atoms with Crippen molar-refractivity contribution in [2.24, 2.45) is 17.8 Å². The van der Waals surface area contributed by atoms with E-state index in [0.29, 0.717) is 12.8 Å². The summed E-state index contributed by atoms with van der Waals surface area (Å²) >= 11 is 0. The quantitative estimate of drug-likeness (QED) is 0.0323. The first-order chi connectivity index (χ1) is 37.6. The highest BCUT2D eigenvalue weighted by Crippen LogP contribution is 2.04. The van der Waals surface area contributed by atoms with Gasteiger partial charge in [0, 0.05) is 54.9 Å². The summed E-state index contributed by atoms with van der Waals surface area (Å²) in [5.41, 5.74) is 0. The average Bonchev–Trinajstić information content (AvgIpc) is 3.40. The summed E-state index contributed by atoms with van der Waals surface area (Å²) in [6, 6.07) is -0.552. The van der Waals surface area contributed by atoms with Gasteiger partial charge < -0.3 is 122 Å². The average molecular weight is 1190 g/mol. The topological polar surface area (TPSA) is 512 Å². The number of carbonyl (C=O) groups excluding carboxylic acids is 7. The lowest BCUT2D eigenvalue weighted by Gasteiger charge is -2.14. The molecule has 4 atom stereocenters. The van der Waals surface area contributed by atoms with Crippen molar-refractivity contribution in [2.45, 2.75) is 177 Å². The third-order valence-electron chi connectivity index (χ3n) is 8.36. The standard InChI is InChI=1S/C8H16O3.4C7H15NO4.2C7H15NO3/c1-6(2)8(11)4-3-7(10)5-9;2*1-5(2)8-7(11)12-4-6(10)3-9;2*1-5(2)8-7(11)12-6(3-9)4-10;1-5(2)7(11)8-6(3-9)4-10;1-5(2)7(11)8-3-6(10)4-9/h6-7,9-10H,3-5H2,1-2H3;4*5-6,9-10H,3-4H2,1-2H3,(H,8,11);2*5-6,9-10H,3-4H2,1-2H3,(H,8,11). The number of aliphatic hydroxyl groups excluding tert-OH is 14. The number of carbonyl (C=O) groups is 7. The Morgan fingerprint density at radius 1 is 0.358 bits per heavy atom. The van der Waals surface area contributed by atoms with Gasteiger partial charge in [-0.1, -0.05) is 41.5 Å². The Bertz CT molecular complexity index is 1430. The first kappa shape index (κ1) is 89.9. The van der Waals surface area contributed by atoms with Crippen LogP contribution in [0.2, 0.25) is 0 Å². The van der Waals surface area contributed by atoms with Crippen molar-refractivity contribution in [1.82, 2.24) is 31.9 Å². The van der Waals surface area contributed by atoms with Gasteiger partial charge in [-0.25, -0.2) is 19.2 Å². The second kappa shape index (κ2) is 59.7. The number of ketones is 1. The number of Topliss-reactive ketones (excluding diaryl/α,β-unsaturated/α-hetero) is 1. The van der Waals surface area contributed by atoms with Gasteiger partial charge in [0.15, 0.2) is 0 Å². The maximum Gasteiger partial charge on any atom is 0.407 e. The molecule has 0 aromatic rings. The molecule has 4 unspecified atom stereocenters. The zero-order valence-corrected chi connectivity index (χ0v) is 49.9. The number of rotatable bonds is 29. The molecule has 0 aromatic carbocycles. The van der Waals surface area contributed by atoms with E-state index in [-0.39, 0.29) is 132 Å². The molecule has 0 aromatic heterocycles. The molecule has 31 nitrogen and oxygen atoms in total. The zero-order valence-electron chi connectivity index (χ0n) is 49.9. The highest BCUT2D eigenvalue weighted by Gasteiger charge is 2.16. The largest absolute Gasteiger partial charge is 0.447 e. The highest BCUT2D eigenvalue weighted by molar-refractivity contribution is 5.80. The molecule has 0 fully saturated rings. The molecule has 0 saturated heterocycles. The molecule has 0 aliphatic heterocycles. The van der Waals surface area contributed by atoms with Crippen LogP contribution in [0.1, 0.15) is 110 Å². The van der Waals surface area contributed by atoms with E-state index in [2.05, 4.69) is 50.8 Å². The Balaban J connectivity index is -0.000000158. The SMILES string of the molecule is CC(C)C(=O)CCC(O)CO.CC(C)C(=O)NC(CO)CO.CC(C)C(=O)NCC(O)CO.CC(C)NC(=O)OC(CO)CO.CC(C)NC(=O)OC(CO)CO.CC(C)NC(=O)OCC(O)CO.CC(C)NC(=O)OCC(O)CO. The molecule has 20 N–H and O–H groups in total. The summed E-state index contributed by atoms with van der Waals surface area (Å²) < 4.78 is 18.3. The van der Waals surface area contributed by atoms with Crippen molar-refractivity contribution in [3.05, 3.63) is 0 Å². The minimum absolute atomic E-state index is 0.00349. The molecule has 0 heterocycles. The lowest BCUT2D eigenvalue weighted by Crippen LogP contribution is -2.42. The van der Waals surface area contributed by atoms with Crippen LogP contribution in [0.4, 0.5) is 19.2 Å². The van der Waals surface area contributed by atoms with E-state index < -0.39 is 80.3 Å². The second-order valence-corrected chi connectivity index (χ2v) is 19.3. The van der Waals surface area contributed by atoms with E-state index in [4.69, 9.17) is 71.5 Å². The fourth-order valence-electron chi connectivity index (χ4n) is 3.80. The number of hydrogen-bond acceptors (Lipinski definition) is 25. The number of hydrogen-bond donors (Lipinski definition) is 20. The maximum atomic E-state index is 11.0. The fraction of sp³-hybridized carbons (Fsp3) is 0.860. The minimum atomic E-state index is -0.997. The monoisotopic (exact) mass is 1190 g/mol. The van der Waals surface area contributed by atoms with Crippen LogP contribution in [0, 0.1) is 17.8 Å². The first-order valence-corrected chi connectivity index (χ1v) is 26.3. The van der Waals surface area contributed by atoms with Crippen molar-refractivity contribution in [3.8, 4) is 0 Å². The third kappa shape index (κ3) is 71.2. The number of amides is 6. The van der Waals surface area contributed by atoms with Crippen molar-refractivity contribution in [3.63, 3.8) is 0 Å². The Morgan fingerprint density at radius 2 is 0.667 bits per heavy atom. The van der Waals surface area contributed by atoms with Crippen LogP contribution in [-0.4, -0.2) is 266 Å². The van der Waals surface area contributed by atoms with Crippen LogP contribution in [0.25, 0.3) is 0 Å². The molecule has 0 aliphatic rings. The molecule has 0 aliphatic carbocycles. The van der Waals surface area contributed by atoms with Crippen molar-refractivity contribution in [1.29, 1.82) is 0 Å². The first-order valence-electron chi connectivity index (χ1n) is 26.3. The molecular formula is C50H106N6O25. The van der Waals surface area contributed by atoms with E-state index in [1.807, 2.05) is 13.8 Å². The van der Waals surface area contributed by atoms with Crippen LogP contribution in [-0.2, 0) is 33.3 Å². The summed E-state index contributed by atoms with van der Waals surface area (Å²) in [5.74, 6) is -0.300. The van der Waals surface area contributed by atoms with Gasteiger partial charge in [-0.2, -0.15) is 0 Å². The smallest absolute Gasteiger partial charge is 0.407 e. The van der Waals surface area contributed by atoms with Crippen molar-refractivity contribution in [2.75, 3.05) is 85.8 Å². The Morgan fingerprint density at radius 3 is 0.914 bits per heavy atom. The normalized spacial score (nSPS) is 12.0. The lowest BCUT2D eigenvalue weighted by atomic mass is 10.0. The summed E-state index contributed by atoms with van der Waals surface area (Å²) in [7, 11) is 0. The molecule has 0 radical (unpaired) electrons. The predicted molar refractivity (Wildman–Crippen MR) is 295 cm³/mol. The highest BCUT2D eigenvalue weighted by atomic mass is 16.6. The van der Waals surface area contributed by atoms with Crippen LogP contribution in [0.15, 0.2) is 0 Å². The van der Waals surface area contributed by atoms with Gasteiger partial charge in [0.1, 0.15) is 43.4 Å². The van der Waals surface area contributed by atoms with Crippen LogP contribution in [0.5, 0.6) is 0 Å². The minimum Gasteiger partial charge on any atom is -0.447 e. The van der Waals surface area contributed by atoms with E-state index >= 15 is 0 Å². The van der Waals surface area contributed by atoms with E-state index in [1.54, 1.807) is 83.1 Å². The Labute approximate surface area is 477 Å². The molecule has 0 rings (SSSR count). The van der Waals surface area contributed by atoms with Gasteiger partial charge in [0.05, 0.1) is 84.3 Å². The molecule has 31 heteroatoms. The van der Waals surface area contributed by atoms with E-state index in [0.717, 1.165) is 0 Å². The molecule has 0 spiro atoms. The number of alkyl carbamates (subject to hydrolysis) is 4. The second-order valence-electron chi connectivity index (χ2n) is 19.3. The van der Waals surface area contributed by atoms with E-state index in [9.17, 15) is 33.6 Å². The molecule has 81 heavy (non-hydrogen) atoms. The Hall–Kier alpha value is -4.87. The molecule has 0 saturated carbocycles. The van der Waals surface area contributed by atoms with Gasteiger partial charge in [-0.3, -0.25) is 14.4 Å². The van der Waals surface area contributed by atoms with Gasteiger partial charge in [-0.05, 0) is 61.8 Å². The zero-order chi connectivity index (χ0) is 64.8.